The highest BCUT2D eigenvalue weighted by Gasteiger charge is 2.07. The Bertz CT molecular complexity index is 541. The van der Waals surface area contributed by atoms with Crippen LogP contribution >= 0.6 is 11.6 Å². The molecule has 19 heavy (non-hydrogen) atoms. The van der Waals surface area contributed by atoms with Crippen LogP contribution in [0.25, 0.3) is 0 Å². The molecule has 0 spiro atoms. The lowest BCUT2D eigenvalue weighted by atomic mass is 10.2. The number of nitrogens with zero attached hydrogens (tertiary/aromatic N) is 3. The quantitative estimate of drug-likeness (QED) is 0.880. The third-order valence-electron chi connectivity index (χ3n) is 2.72. The molecule has 0 aliphatic rings. The molecule has 2 aromatic rings. The first-order chi connectivity index (χ1) is 9.22. The molecule has 2 rings (SSSR count). The predicted octanol–water partition coefficient (Wildman–Crippen LogP) is 2.10. The molecule has 0 atom stereocenters. The van der Waals surface area contributed by atoms with E-state index in [1.807, 2.05) is 24.4 Å². The number of halogens is 1. The largest absolute Gasteiger partial charge is 0.496 e. The van der Waals surface area contributed by atoms with Crippen molar-refractivity contribution in [2.24, 2.45) is 0 Å². The minimum absolute atomic E-state index is 0.586. The standard InChI is InChI=1S/C13H17ClN4O/c1-3-15-7-12-9-18(17-16-12)8-10-6-11(14)4-5-13(10)19-2/h4-6,9,15H,3,7-8H2,1-2H3. The predicted molar refractivity (Wildman–Crippen MR) is 74.5 cm³/mol. The Hall–Kier alpha value is -1.59. The number of hydrogen-bond acceptors (Lipinski definition) is 4. The molecule has 0 fully saturated rings. The summed E-state index contributed by atoms with van der Waals surface area (Å²) in [5.74, 6) is 0.799. The molecule has 0 saturated heterocycles. The van der Waals surface area contributed by atoms with Crippen molar-refractivity contribution in [3.63, 3.8) is 0 Å². The van der Waals surface area contributed by atoms with Gasteiger partial charge in [-0.3, -0.25) is 0 Å². The van der Waals surface area contributed by atoms with Gasteiger partial charge in [-0.05, 0) is 24.7 Å². The van der Waals surface area contributed by atoms with Gasteiger partial charge in [0.25, 0.3) is 0 Å². The van der Waals surface area contributed by atoms with E-state index in [2.05, 4.69) is 22.6 Å². The van der Waals surface area contributed by atoms with E-state index in [1.54, 1.807) is 11.8 Å². The number of aromatic nitrogens is 3. The molecule has 0 saturated carbocycles. The summed E-state index contributed by atoms with van der Waals surface area (Å²) >= 11 is 6.00. The highest BCUT2D eigenvalue weighted by molar-refractivity contribution is 6.30. The van der Waals surface area contributed by atoms with Crippen LogP contribution < -0.4 is 10.1 Å². The lowest BCUT2D eigenvalue weighted by Gasteiger charge is -2.08. The van der Waals surface area contributed by atoms with Crippen LogP contribution in [-0.2, 0) is 13.1 Å². The molecule has 0 unspecified atom stereocenters. The molecule has 0 amide bonds. The molecule has 1 N–H and O–H groups in total. The van der Waals surface area contributed by atoms with E-state index in [0.29, 0.717) is 11.6 Å². The Morgan fingerprint density at radius 1 is 1.42 bits per heavy atom. The topological polar surface area (TPSA) is 52.0 Å². The molecule has 0 aliphatic carbocycles. The van der Waals surface area contributed by atoms with Crippen LogP contribution in [0, 0.1) is 0 Å². The third kappa shape index (κ3) is 3.68. The Morgan fingerprint density at radius 2 is 2.26 bits per heavy atom. The van der Waals surface area contributed by atoms with E-state index in [-0.39, 0.29) is 0 Å². The number of hydrogen-bond donors (Lipinski definition) is 1. The van der Waals surface area contributed by atoms with Gasteiger partial charge in [0.2, 0.25) is 0 Å². The molecule has 5 nitrogen and oxygen atoms in total. The molecule has 6 heteroatoms. The van der Waals surface area contributed by atoms with Gasteiger partial charge in [-0.25, -0.2) is 4.68 Å². The summed E-state index contributed by atoms with van der Waals surface area (Å²) in [6.07, 6.45) is 1.92. The minimum atomic E-state index is 0.586. The van der Waals surface area contributed by atoms with Gasteiger partial charge >= 0.3 is 0 Å². The first-order valence-corrected chi connectivity index (χ1v) is 6.53. The smallest absolute Gasteiger partial charge is 0.124 e. The first-order valence-electron chi connectivity index (χ1n) is 6.15. The Morgan fingerprint density at radius 3 is 3.00 bits per heavy atom. The molecular weight excluding hydrogens is 264 g/mol. The average Bonchev–Trinajstić information content (AvgIpc) is 2.84. The summed E-state index contributed by atoms with van der Waals surface area (Å²) in [4.78, 5) is 0. The highest BCUT2D eigenvalue weighted by atomic mass is 35.5. The zero-order chi connectivity index (χ0) is 13.7. The lowest BCUT2D eigenvalue weighted by molar-refractivity contribution is 0.407. The van der Waals surface area contributed by atoms with Crippen molar-refractivity contribution in [3.8, 4) is 5.75 Å². The number of rotatable bonds is 6. The molecule has 0 aliphatic heterocycles. The van der Waals surface area contributed by atoms with E-state index >= 15 is 0 Å². The van der Waals surface area contributed by atoms with E-state index in [4.69, 9.17) is 16.3 Å². The normalized spacial score (nSPS) is 10.7. The van der Waals surface area contributed by atoms with Crippen LogP contribution in [-0.4, -0.2) is 28.6 Å². The van der Waals surface area contributed by atoms with Crippen LogP contribution in [0.15, 0.2) is 24.4 Å². The molecular formula is C13H17ClN4O. The molecule has 1 heterocycles. The van der Waals surface area contributed by atoms with Gasteiger partial charge in [0.15, 0.2) is 0 Å². The summed E-state index contributed by atoms with van der Waals surface area (Å²) in [5.41, 5.74) is 1.90. The maximum absolute atomic E-state index is 6.00. The van der Waals surface area contributed by atoms with E-state index in [0.717, 1.165) is 30.1 Å². The fourth-order valence-electron chi connectivity index (χ4n) is 1.80. The fourth-order valence-corrected chi connectivity index (χ4v) is 1.99. The first kappa shape index (κ1) is 13.8. The maximum atomic E-state index is 6.00. The number of benzene rings is 1. The van der Waals surface area contributed by atoms with Gasteiger partial charge < -0.3 is 10.1 Å². The molecule has 0 bridgehead atoms. The van der Waals surface area contributed by atoms with Crippen molar-refractivity contribution in [1.82, 2.24) is 20.3 Å². The Balaban J connectivity index is 2.12. The average molecular weight is 281 g/mol. The van der Waals surface area contributed by atoms with Crippen LogP contribution in [0.2, 0.25) is 5.02 Å². The van der Waals surface area contributed by atoms with Crippen LogP contribution in [0.4, 0.5) is 0 Å². The minimum Gasteiger partial charge on any atom is -0.496 e. The molecule has 0 radical (unpaired) electrons. The molecule has 1 aromatic carbocycles. The summed E-state index contributed by atoms with van der Waals surface area (Å²) in [5, 5.41) is 12.1. The van der Waals surface area contributed by atoms with E-state index in [9.17, 15) is 0 Å². The second kappa shape index (κ2) is 6.54. The molecule has 102 valence electrons. The van der Waals surface area contributed by atoms with Crippen LogP contribution in [0.3, 0.4) is 0 Å². The van der Waals surface area contributed by atoms with Crippen LogP contribution in [0.1, 0.15) is 18.2 Å². The van der Waals surface area contributed by atoms with E-state index in [1.165, 1.54) is 0 Å². The van der Waals surface area contributed by atoms with Crippen molar-refractivity contribution >= 4 is 11.6 Å². The van der Waals surface area contributed by atoms with Gasteiger partial charge in [0.1, 0.15) is 5.75 Å². The summed E-state index contributed by atoms with van der Waals surface area (Å²) < 4.78 is 7.09. The Labute approximate surface area is 117 Å². The Kier molecular flexibility index (Phi) is 4.76. The number of ether oxygens (including phenoxy) is 1. The summed E-state index contributed by atoms with van der Waals surface area (Å²) in [6.45, 7) is 4.28. The lowest BCUT2D eigenvalue weighted by Crippen LogP contribution is -2.11. The van der Waals surface area contributed by atoms with Gasteiger partial charge in [0, 0.05) is 17.1 Å². The number of methoxy groups -OCH3 is 1. The summed E-state index contributed by atoms with van der Waals surface area (Å²) in [6, 6.07) is 5.54. The van der Waals surface area contributed by atoms with Crippen molar-refractivity contribution in [2.45, 2.75) is 20.0 Å². The second-order valence-corrected chi connectivity index (χ2v) is 4.58. The monoisotopic (exact) mass is 280 g/mol. The van der Waals surface area contributed by atoms with Crippen molar-refractivity contribution in [2.75, 3.05) is 13.7 Å². The molecule has 1 aromatic heterocycles. The van der Waals surface area contributed by atoms with Gasteiger partial charge in [-0.1, -0.05) is 23.7 Å². The van der Waals surface area contributed by atoms with Gasteiger partial charge in [-0.2, -0.15) is 0 Å². The second-order valence-electron chi connectivity index (χ2n) is 4.14. The van der Waals surface area contributed by atoms with Gasteiger partial charge in [0.05, 0.1) is 25.5 Å². The van der Waals surface area contributed by atoms with Crippen molar-refractivity contribution < 1.29 is 4.74 Å². The van der Waals surface area contributed by atoms with Gasteiger partial charge in [-0.15, -0.1) is 5.10 Å². The number of nitrogens with one attached hydrogen (secondary N) is 1. The fraction of sp³-hybridized carbons (Fsp3) is 0.385. The maximum Gasteiger partial charge on any atom is 0.124 e. The summed E-state index contributed by atoms with van der Waals surface area (Å²) in [7, 11) is 1.64. The van der Waals surface area contributed by atoms with Crippen molar-refractivity contribution in [1.29, 1.82) is 0 Å². The SMILES string of the molecule is CCNCc1cn(Cc2cc(Cl)ccc2OC)nn1. The highest BCUT2D eigenvalue weighted by Crippen LogP contribution is 2.23. The zero-order valence-electron chi connectivity index (χ0n) is 11.1. The van der Waals surface area contributed by atoms with Crippen molar-refractivity contribution in [3.05, 3.63) is 40.7 Å². The van der Waals surface area contributed by atoms with Crippen LogP contribution in [0.5, 0.6) is 5.75 Å². The van der Waals surface area contributed by atoms with E-state index < -0.39 is 0 Å². The zero-order valence-corrected chi connectivity index (χ0v) is 11.8. The third-order valence-corrected chi connectivity index (χ3v) is 2.95.